The van der Waals surface area contributed by atoms with Crippen LogP contribution in [0, 0.1) is 6.92 Å². The van der Waals surface area contributed by atoms with Crippen LogP contribution in [0.25, 0.3) is 0 Å². The number of carbonyl (C=O) groups is 1. The number of aromatic hydroxyl groups is 1. The summed E-state index contributed by atoms with van der Waals surface area (Å²) in [6.45, 7) is 1.86. The second kappa shape index (κ2) is 5.91. The average Bonchev–Trinajstić information content (AvgIpc) is 2.46. The number of phenolic OH excluding ortho intramolecular Hbond substituents is 1. The van der Waals surface area contributed by atoms with Gasteiger partial charge in [0, 0.05) is 23.8 Å². The van der Waals surface area contributed by atoms with Crippen molar-refractivity contribution in [1.29, 1.82) is 0 Å². The van der Waals surface area contributed by atoms with Crippen molar-refractivity contribution in [3.8, 4) is 11.5 Å². The van der Waals surface area contributed by atoms with Crippen molar-refractivity contribution < 1.29 is 24.1 Å². The highest BCUT2D eigenvalue weighted by Crippen LogP contribution is 2.42. The van der Waals surface area contributed by atoms with E-state index in [0.29, 0.717) is 17.3 Å². The summed E-state index contributed by atoms with van der Waals surface area (Å²) in [5.41, 5.74) is 1.61. The quantitative estimate of drug-likeness (QED) is 0.922. The summed E-state index contributed by atoms with van der Waals surface area (Å²) in [7, 11) is 4.54. The Labute approximate surface area is 123 Å². The van der Waals surface area contributed by atoms with Crippen LogP contribution in [-0.2, 0) is 14.3 Å². The minimum atomic E-state index is -0.381. The zero-order valence-corrected chi connectivity index (χ0v) is 12.5. The molecule has 0 saturated heterocycles. The third-order valence-corrected chi connectivity index (χ3v) is 3.45. The van der Waals surface area contributed by atoms with Gasteiger partial charge < -0.3 is 19.3 Å². The summed E-state index contributed by atoms with van der Waals surface area (Å²) in [6.07, 6.45) is 2.86. The molecular weight excluding hydrogens is 272 g/mol. The van der Waals surface area contributed by atoms with Crippen LogP contribution < -0.4 is 4.74 Å². The molecule has 1 aliphatic rings. The largest absolute Gasteiger partial charge is 0.508 e. The Morgan fingerprint density at radius 1 is 1.00 bits per heavy atom. The van der Waals surface area contributed by atoms with Crippen molar-refractivity contribution >= 4 is 5.78 Å². The van der Waals surface area contributed by atoms with Crippen molar-refractivity contribution in [2.45, 2.75) is 12.8 Å². The maximum atomic E-state index is 11.7. The lowest BCUT2D eigenvalue weighted by Gasteiger charge is -2.27. The van der Waals surface area contributed by atoms with E-state index in [-0.39, 0.29) is 17.5 Å². The van der Waals surface area contributed by atoms with Crippen molar-refractivity contribution in [3.63, 3.8) is 0 Å². The first-order valence-corrected chi connectivity index (χ1v) is 6.44. The van der Waals surface area contributed by atoms with Crippen LogP contribution in [0.2, 0.25) is 0 Å². The standard InChI is InChI=1S/C16H18O5/c1-9-5-10(17)6-12(19-2)15(9)16-13(20-3)7-11(18)8-14(16)21-4/h5-8,16-17H,1-4H3. The molecule has 0 radical (unpaired) electrons. The zero-order chi connectivity index (χ0) is 15.6. The molecule has 1 aliphatic carbocycles. The minimum absolute atomic E-state index is 0.117. The first-order valence-electron chi connectivity index (χ1n) is 6.44. The van der Waals surface area contributed by atoms with Gasteiger partial charge in [-0.25, -0.2) is 0 Å². The molecule has 0 aromatic heterocycles. The Morgan fingerprint density at radius 2 is 1.57 bits per heavy atom. The highest BCUT2D eigenvalue weighted by molar-refractivity contribution is 6.01. The minimum Gasteiger partial charge on any atom is -0.508 e. The molecule has 0 heterocycles. The van der Waals surface area contributed by atoms with E-state index in [2.05, 4.69) is 0 Å². The van der Waals surface area contributed by atoms with Crippen molar-refractivity contribution in [2.24, 2.45) is 0 Å². The maximum absolute atomic E-state index is 11.7. The predicted molar refractivity (Wildman–Crippen MR) is 77.3 cm³/mol. The molecule has 1 N–H and O–H groups in total. The first-order chi connectivity index (χ1) is 10.0. The van der Waals surface area contributed by atoms with E-state index in [9.17, 15) is 9.90 Å². The lowest BCUT2D eigenvalue weighted by Crippen LogP contribution is -2.17. The van der Waals surface area contributed by atoms with Gasteiger partial charge in [-0.05, 0) is 18.6 Å². The number of ketones is 1. The predicted octanol–water partition coefficient (Wildman–Crippen LogP) is 2.44. The topological polar surface area (TPSA) is 65.0 Å². The van der Waals surface area contributed by atoms with E-state index in [1.165, 1.54) is 39.5 Å². The number of hydrogen-bond donors (Lipinski definition) is 1. The molecule has 0 unspecified atom stereocenters. The Morgan fingerprint density at radius 3 is 2.05 bits per heavy atom. The van der Waals surface area contributed by atoms with Gasteiger partial charge in [0.15, 0.2) is 5.78 Å². The molecule has 1 aromatic rings. The molecule has 5 nitrogen and oxygen atoms in total. The van der Waals surface area contributed by atoms with Gasteiger partial charge in [-0.2, -0.15) is 0 Å². The number of rotatable bonds is 4. The zero-order valence-electron chi connectivity index (χ0n) is 12.5. The lowest BCUT2D eigenvalue weighted by molar-refractivity contribution is -0.111. The number of aryl methyl sites for hydroxylation is 1. The molecular formula is C16H18O5. The molecule has 21 heavy (non-hydrogen) atoms. The van der Waals surface area contributed by atoms with E-state index in [4.69, 9.17) is 14.2 Å². The number of hydrogen-bond acceptors (Lipinski definition) is 5. The first kappa shape index (κ1) is 15.0. The highest BCUT2D eigenvalue weighted by Gasteiger charge is 2.32. The number of methoxy groups -OCH3 is 3. The maximum Gasteiger partial charge on any atom is 0.185 e. The summed E-state index contributed by atoms with van der Waals surface area (Å²) < 4.78 is 16.1. The van der Waals surface area contributed by atoms with Gasteiger partial charge in [0.05, 0.1) is 21.3 Å². The van der Waals surface area contributed by atoms with Crippen molar-refractivity contribution in [2.75, 3.05) is 21.3 Å². The van der Waals surface area contributed by atoms with Gasteiger partial charge in [-0.3, -0.25) is 4.79 Å². The van der Waals surface area contributed by atoms with E-state index in [1.54, 1.807) is 6.07 Å². The van der Waals surface area contributed by atoms with Gasteiger partial charge in [-0.1, -0.05) is 0 Å². The smallest absolute Gasteiger partial charge is 0.185 e. The van der Waals surface area contributed by atoms with E-state index >= 15 is 0 Å². The van der Waals surface area contributed by atoms with Gasteiger partial charge in [-0.15, -0.1) is 0 Å². The Hall–Kier alpha value is -2.43. The van der Waals surface area contributed by atoms with Crippen LogP contribution in [0.15, 0.2) is 35.8 Å². The fraction of sp³-hybridized carbons (Fsp3) is 0.312. The highest BCUT2D eigenvalue weighted by atomic mass is 16.5. The molecule has 112 valence electrons. The molecule has 2 rings (SSSR count). The van der Waals surface area contributed by atoms with Crippen molar-refractivity contribution in [3.05, 3.63) is 46.9 Å². The number of phenols is 1. The van der Waals surface area contributed by atoms with E-state index in [0.717, 1.165) is 11.1 Å². The van der Waals surface area contributed by atoms with Crippen molar-refractivity contribution in [1.82, 2.24) is 0 Å². The van der Waals surface area contributed by atoms with Crippen LogP contribution in [0.3, 0.4) is 0 Å². The molecule has 0 atom stereocenters. The number of carbonyl (C=O) groups excluding carboxylic acids is 1. The Balaban J connectivity index is 2.65. The molecule has 0 amide bonds. The Bertz CT molecular complexity index is 604. The van der Waals surface area contributed by atoms with Gasteiger partial charge in [0.1, 0.15) is 28.9 Å². The second-order valence-electron chi connectivity index (χ2n) is 4.72. The number of ether oxygens (including phenoxy) is 3. The third kappa shape index (κ3) is 2.72. The fourth-order valence-corrected chi connectivity index (χ4v) is 2.55. The summed E-state index contributed by atoms with van der Waals surface area (Å²) >= 11 is 0. The lowest BCUT2D eigenvalue weighted by atomic mass is 9.86. The van der Waals surface area contributed by atoms with Gasteiger partial charge in [0.25, 0.3) is 0 Å². The fourth-order valence-electron chi connectivity index (χ4n) is 2.55. The van der Waals surface area contributed by atoms with E-state index in [1.807, 2.05) is 6.92 Å². The SMILES string of the molecule is COC1=CC(=O)C=C(OC)C1c1c(C)cc(O)cc1OC. The molecule has 0 aliphatic heterocycles. The van der Waals surface area contributed by atoms with Gasteiger partial charge >= 0.3 is 0 Å². The van der Waals surface area contributed by atoms with Crippen LogP contribution in [-0.4, -0.2) is 32.2 Å². The molecule has 0 bridgehead atoms. The number of benzene rings is 1. The summed E-state index contributed by atoms with van der Waals surface area (Å²) in [5, 5.41) is 9.71. The van der Waals surface area contributed by atoms with E-state index < -0.39 is 0 Å². The molecule has 0 spiro atoms. The third-order valence-electron chi connectivity index (χ3n) is 3.45. The van der Waals surface area contributed by atoms with Crippen LogP contribution in [0.4, 0.5) is 0 Å². The summed E-state index contributed by atoms with van der Waals surface area (Å²) in [4.78, 5) is 11.7. The molecule has 0 fully saturated rings. The Kier molecular flexibility index (Phi) is 4.21. The molecule has 5 heteroatoms. The van der Waals surface area contributed by atoms with Crippen LogP contribution >= 0.6 is 0 Å². The summed E-state index contributed by atoms with van der Waals surface area (Å²) in [5.74, 6) is 1.02. The molecule has 0 saturated carbocycles. The average molecular weight is 290 g/mol. The van der Waals surface area contributed by atoms with Crippen LogP contribution in [0.1, 0.15) is 17.0 Å². The van der Waals surface area contributed by atoms with Gasteiger partial charge in [0.2, 0.25) is 0 Å². The number of allylic oxidation sites excluding steroid dienone is 2. The second-order valence-corrected chi connectivity index (χ2v) is 4.72. The normalized spacial score (nSPS) is 15.3. The van der Waals surface area contributed by atoms with Crippen LogP contribution in [0.5, 0.6) is 11.5 Å². The molecule has 1 aromatic carbocycles. The monoisotopic (exact) mass is 290 g/mol. The summed E-state index contributed by atoms with van der Waals surface area (Å²) in [6, 6.07) is 3.16.